The van der Waals surface area contributed by atoms with Crippen LogP contribution < -0.4 is 0 Å². The molecule has 3 heteroatoms. The first-order chi connectivity index (χ1) is 10.2. The van der Waals surface area contributed by atoms with Gasteiger partial charge in [-0.3, -0.25) is 4.79 Å². The van der Waals surface area contributed by atoms with Crippen LogP contribution in [0, 0.1) is 11.8 Å². The Bertz CT molecular complexity index is 634. The van der Waals surface area contributed by atoms with Gasteiger partial charge in [0.1, 0.15) is 0 Å². The fraction of sp³-hybridized carbons (Fsp3) is 0.500. The summed E-state index contributed by atoms with van der Waals surface area (Å²) >= 11 is 0. The van der Waals surface area contributed by atoms with Crippen molar-refractivity contribution in [3.05, 3.63) is 36.0 Å². The van der Waals surface area contributed by atoms with Gasteiger partial charge in [0, 0.05) is 36.1 Å². The van der Waals surface area contributed by atoms with Crippen LogP contribution in [0.2, 0.25) is 0 Å². The largest absolute Gasteiger partial charge is 0.358 e. The molecule has 1 N–H and O–H groups in total. The third kappa shape index (κ3) is 2.35. The number of benzene rings is 1. The maximum absolute atomic E-state index is 12.3. The highest BCUT2D eigenvalue weighted by Gasteiger charge is 2.42. The summed E-state index contributed by atoms with van der Waals surface area (Å²) in [6.45, 7) is 4.02. The fourth-order valence-electron chi connectivity index (χ4n) is 3.63. The second-order valence-electron chi connectivity index (χ2n) is 6.73. The van der Waals surface area contributed by atoms with Crippen molar-refractivity contribution in [2.45, 2.75) is 32.1 Å². The quantitative estimate of drug-likeness (QED) is 0.898. The molecule has 2 atom stereocenters. The monoisotopic (exact) mass is 282 g/mol. The third-order valence-electron chi connectivity index (χ3n) is 5.22. The van der Waals surface area contributed by atoms with Crippen LogP contribution >= 0.6 is 0 Å². The first-order valence-corrected chi connectivity index (χ1v) is 8.09. The molecule has 110 valence electrons. The lowest BCUT2D eigenvalue weighted by Gasteiger charge is -2.32. The molecule has 1 aromatic carbocycles. The van der Waals surface area contributed by atoms with Crippen LogP contribution in [-0.2, 0) is 4.79 Å². The van der Waals surface area contributed by atoms with Crippen LogP contribution in [0.4, 0.5) is 0 Å². The molecule has 2 aliphatic rings. The fourth-order valence-corrected chi connectivity index (χ4v) is 3.63. The van der Waals surface area contributed by atoms with Gasteiger partial charge >= 0.3 is 0 Å². The zero-order valence-electron chi connectivity index (χ0n) is 12.5. The molecule has 0 unspecified atom stereocenters. The van der Waals surface area contributed by atoms with E-state index in [2.05, 4.69) is 47.1 Å². The molecule has 3 nitrogen and oxygen atoms in total. The van der Waals surface area contributed by atoms with Gasteiger partial charge in [-0.05, 0) is 42.7 Å². The van der Waals surface area contributed by atoms with Gasteiger partial charge in [-0.1, -0.05) is 25.1 Å². The summed E-state index contributed by atoms with van der Waals surface area (Å²) in [5.41, 5.74) is 2.56. The minimum Gasteiger partial charge on any atom is -0.358 e. The summed E-state index contributed by atoms with van der Waals surface area (Å²) in [5, 5.41) is 1.29. The van der Waals surface area contributed by atoms with Crippen molar-refractivity contribution < 1.29 is 4.79 Å². The molecule has 1 amide bonds. The van der Waals surface area contributed by atoms with E-state index in [1.165, 1.54) is 16.6 Å². The molecule has 0 bridgehead atoms. The lowest BCUT2D eigenvalue weighted by Crippen LogP contribution is -2.39. The number of nitrogens with zero attached hydrogens (tertiary/aromatic N) is 1. The topological polar surface area (TPSA) is 36.1 Å². The summed E-state index contributed by atoms with van der Waals surface area (Å²) in [7, 11) is 0. The van der Waals surface area contributed by atoms with E-state index in [9.17, 15) is 4.79 Å². The zero-order chi connectivity index (χ0) is 14.4. The summed E-state index contributed by atoms with van der Waals surface area (Å²) in [6.07, 6.45) is 3.26. The van der Waals surface area contributed by atoms with Gasteiger partial charge in [0.15, 0.2) is 0 Å². The lowest BCUT2D eigenvalue weighted by molar-refractivity contribution is -0.133. The molecular weight excluding hydrogens is 260 g/mol. The van der Waals surface area contributed by atoms with E-state index in [-0.39, 0.29) is 0 Å². The Kier molecular flexibility index (Phi) is 3.02. The Balaban J connectivity index is 1.43. The summed E-state index contributed by atoms with van der Waals surface area (Å²) in [5.74, 6) is 1.91. The number of rotatable bonds is 2. The number of carbonyl (C=O) groups is 1. The molecule has 1 saturated heterocycles. The average Bonchev–Trinajstić information content (AvgIpc) is 3.09. The van der Waals surface area contributed by atoms with Gasteiger partial charge in [0.25, 0.3) is 0 Å². The molecule has 2 fully saturated rings. The van der Waals surface area contributed by atoms with Gasteiger partial charge < -0.3 is 9.88 Å². The van der Waals surface area contributed by atoms with Gasteiger partial charge in [-0.2, -0.15) is 0 Å². The molecule has 4 rings (SSSR count). The summed E-state index contributed by atoms with van der Waals surface area (Å²) in [4.78, 5) is 17.9. The number of amides is 1. The smallest absolute Gasteiger partial charge is 0.225 e. The van der Waals surface area contributed by atoms with E-state index < -0.39 is 0 Å². The number of fused-ring (bicyclic) bond motifs is 1. The Labute approximate surface area is 125 Å². The van der Waals surface area contributed by atoms with E-state index in [1.54, 1.807) is 0 Å². The van der Waals surface area contributed by atoms with E-state index in [0.717, 1.165) is 32.4 Å². The summed E-state index contributed by atoms with van der Waals surface area (Å²) in [6, 6.07) is 10.7. The molecule has 21 heavy (non-hydrogen) atoms. The van der Waals surface area contributed by atoms with Crippen LogP contribution in [0.5, 0.6) is 0 Å². The standard InChI is InChI=1S/C18H22N2O/c1-12-10-15(12)18(21)20-8-6-13(7-9-20)17-11-14-4-2-3-5-16(14)19-17/h2-5,11-13,15,19H,6-10H2,1H3/t12-,15-/m0/s1. The number of carbonyl (C=O) groups excluding carboxylic acids is 1. The highest BCUT2D eigenvalue weighted by Crippen LogP contribution is 2.40. The van der Waals surface area contributed by atoms with Crippen molar-refractivity contribution in [2.75, 3.05) is 13.1 Å². The molecule has 2 heterocycles. The third-order valence-corrected chi connectivity index (χ3v) is 5.22. The number of aromatic nitrogens is 1. The molecule has 0 spiro atoms. The van der Waals surface area contributed by atoms with Crippen molar-refractivity contribution in [1.82, 2.24) is 9.88 Å². The second kappa shape index (κ2) is 4.90. The molecule has 1 aliphatic heterocycles. The molecule has 2 aromatic rings. The van der Waals surface area contributed by atoms with E-state index in [4.69, 9.17) is 0 Å². The van der Waals surface area contributed by atoms with Crippen LogP contribution in [0.3, 0.4) is 0 Å². The van der Waals surface area contributed by atoms with Crippen molar-refractivity contribution in [2.24, 2.45) is 11.8 Å². The number of piperidine rings is 1. The Morgan fingerprint density at radius 1 is 1.24 bits per heavy atom. The van der Waals surface area contributed by atoms with Crippen molar-refractivity contribution in [3.63, 3.8) is 0 Å². The Hall–Kier alpha value is -1.77. The first-order valence-electron chi connectivity index (χ1n) is 8.09. The average molecular weight is 282 g/mol. The molecule has 1 aromatic heterocycles. The molecule has 1 aliphatic carbocycles. The molecule has 0 radical (unpaired) electrons. The molecular formula is C18H22N2O. The number of aromatic amines is 1. The Morgan fingerprint density at radius 3 is 2.62 bits per heavy atom. The predicted molar refractivity (Wildman–Crippen MR) is 84.1 cm³/mol. The van der Waals surface area contributed by atoms with E-state index in [1.807, 2.05) is 0 Å². The number of H-pyrrole nitrogens is 1. The predicted octanol–water partition coefficient (Wildman–Crippen LogP) is 3.53. The van der Waals surface area contributed by atoms with Crippen LogP contribution in [0.25, 0.3) is 10.9 Å². The highest BCUT2D eigenvalue weighted by molar-refractivity contribution is 5.82. The minimum absolute atomic E-state index is 0.328. The van der Waals surface area contributed by atoms with E-state index in [0.29, 0.717) is 23.7 Å². The number of hydrogen-bond donors (Lipinski definition) is 1. The number of hydrogen-bond acceptors (Lipinski definition) is 1. The Morgan fingerprint density at radius 2 is 1.95 bits per heavy atom. The van der Waals surface area contributed by atoms with Gasteiger partial charge in [-0.15, -0.1) is 0 Å². The number of nitrogens with one attached hydrogen (secondary N) is 1. The maximum Gasteiger partial charge on any atom is 0.225 e. The van der Waals surface area contributed by atoms with Crippen LogP contribution in [-0.4, -0.2) is 28.9 Å². The van der Waals surface area contributed by atoms with Crippen LogP contribution in [0.1, 0.15) is 37.8 Å². The highest BCUT2D eigenvalue weighted by atomic mass is 16.2. The van der Waals surface area contributed by atoms with E-state index >= 15 is 0 Å². The van der Waals surface area contributed by atoms with Gasteiger partial charge in [-0.25, -0.2) is 0 Å². The zero-order valence-corrected chi connectivity index (χ0v) is 12.5. The minimum atomic E-state index is 0.328. The number of para-hydroxylation sites is 1. The maximum atomic E-state index is 12.3. The lowest BCUT2D eigenvalue weighted by atomic mass is 9.93. The van der Waals surface area contributed by atoms with Crippen LogP contribution in [0.15, 0.2) is 30.3 Å². The number of likely N-dealkylation sites (tertiary alicyclic amines) is 1. The van der Waals surface area contributed by atoms with Crippen molar-refractivity contribution in [3.8, 4) is 0 Å². The molecule has 1 saturated carbocycles. The first kappa shape index (κ1) is 12.9. The van der Waals surface area contributed by atoms with Crippen molar-refractivity contribution in [1.29, 1.82) is 0 Å². The SMILES string of the molecule is C[C@H]1C[C@@H]1C(=O)N1CCC(c2cc3ccccc3[nH]2)CC1. The second-order valence-corrected chi connectivity index (χ2v) is 6.73. The summed E-state index contributed by atoms with van der Waals surface area (Å²) < 4.78 is 0. The normalized spacial score (nSPS) is 26.2. The van der Waals surface area contributed by atoms with Gasteiger partial charge in [0.05, 0.1) is 0 Å². The van der Waals surface area contributed by atoms with Crippen molar-refractivity contribution >= 4 is 16.8 Å². The van der Waals surface area contributed by atoms with Gasteiger partial charge in [0.2, 0.25) is 5.91 Å².